The summed E-state index contributed by atoms with van der Waals surface area (Å²) in [4.78, 5) is 23.6. The Hall–Kier alpha value is -3.38. The average Bonchev–Trinajstić information content (AvgIpc) is 2.72. The predicted octanol–water partition coefficient (Wildman–Crippen LogP) is 3.99. The van der Waals surface area contributed by atoms with E-state index in [0.29, 0.717) is 19.4 Å². The van der Waals surface area contributed by atoms with Gasteiger partial charge in [-0.1, -0.05) is 54.6 Å². The van der Waals surface area contributed by atoms with Gasteiger partial charge in [-0.2, -0.15) is 0 Å². The van der Waals surface area contributed by atoms with Crippen LogP contribution in [0.5, 0.6) is 5.75 Å². The lowest BCUT2D eigenvalue weighted by Crippen LogP contribution is -2.28. The van der Waals surface area contributed by atoms with Crippen LogP contribution in [0.1, 0.15) is 35.8 Å². The summed E-state index contributed by atoms with van der Waals surface area (Å²) in [5.41, 5.74) is 3.65. The highest BCUT2D eigenvalue weighted by atomic mass is 16.7. The summed E-state index contributed by atoms with van der Waals surface area (Å²) in [6.07, 6.45) is 0.862. The van der Waals surface area contributed by atoms with Crippen molar-refractivity contribution in [3.63, 3.8) is 0 Å². The standard InChI is InChI=1S/C23H21NO5/c25-19-8-4-7-18-21(19)22(26)20(29-23(27)28)14-24(18)13-15-9-11-17(12-10-15)16-5-2-1-3-6-16/h1-3,5-6,9-12,14,19,25H,4,7-8,13H2,(H,27,28). The van der Waals surface area contributed by atoms with Crippen molar-refractivity contribution in [1.29, 1.82) is 0 Å². The van der Waals surface area contributed by atoms with Crippen molar-refractivity contribution in [3.05, 3.63) is 87.8 Å². The molecule has 1 aromatic heterocycles. The third-order valence-electron chi connectivity index (χ3n) is 5.23. The third kappa shape index (κ3) is 3.93. The number of aliphatic hydroxyl groups excluding tert-OH is 1. The maximum atomic E-state index is 12.6. The Morgan fingerprint density at radius 2 is 1.76 bits per heavy atom. The van der Waals surface area contributed by atoms with E-state index in [-0.39, 0.29) is 11.3 Å². The molecule has 0 amide bonds. The molecule has 1 heterocycles. The lowest BCUT2D eigenvalue weighted by Gasteiger charge is -2.25. The molecule has 1 atom stereocenters. The van der Waals surface area contributed by atoms with Crippen LogP contribution in [-0.4, -0.2) is 20.9 Å². The number of hydrogen-bond donors (Lipinski definition) is 2. The van der Waals surface area contributed by atoms with Gasteiger partial charge in [0.25, 0.3) is 0 Å². The van der Waals surface area contributed by atoms with E-state index in [4.69, 9.17) is 5.11 Å². The Labute approximate surface area is 167 Å². The van der Waals surface area contributed by atoms with Gasteiger partial charge in [0.05, 0.1) is 17.9 Å². The first-order valence-electron chi connectivity index (χ1n) is 9.52. The van der Waals surface area contributed by atoms with E-state index in [9.17, 15) is 14.7 Å². The number of benzene rings is 2. The number of ether oxygens (including phenoxy) is 1. The second kappa shape index (κ2) is 7.93. The van der Waals surface area contributed by atoms with Gasteiger partial charge in [-0.15, -0.1) is 0 Å². The summed E-state index contributed by atoms with van der Waals surface area (Å²) in [6, 6.07) is 18.1. The van der Waals surface area contributed by atoms with Gasteiger partial charge in [-0.25, -0.2) is 4.79 Å². The molecule has 3 aromatic rings. The number of aromatic nitrogens is 1. The van der Waals surface area contributed by atoms with Crippen LogP contribution in [0.2, 0.25) is 0 Å². The molecule has 0 radical (unpaired) electrons. The molecule has 0 aliphatic heterocycles. The van der Waals surface area contributed by atoms with E-state index in [2.05, 4.69) is 4.74 Å². The monoisotopic (exact) mass is 391 g/mol. The molecule has 1 unspecified atom stereocenters. The van der Waals surface area contributed by atoms with Gasteiger partial charge in [-0.3, -0.25) is 4.79 Å². The van der Waals surface area contributed by atoms with Crippen LogP contribution in [0.3, 0.4) is 0 Å². The zero-order valence-corrected chi connectivity index (χ0v) is 15.7. The Morgan fingerprint density at radius 1 is 1.07 bits per heavy atom. The van der Waals surface area contributed by atoms with Crippen molar-refractivity contribution in [2.45, 2.75) is 31.9 Å². The van der Waals surface area contributed by atoms with E-state index >= 15 is 0 Å². The molecule has 148 valence electrons. The highest BCUT2D eigenvalue weighted by molar-refractivity contribution is 5.63. The molecule has 1 aliphatic carbocycles. The fourth-order valence-corrected chi connectivity index (χ4v) is 3.86. The summed E-state index contributed by atoms with van der Waals surface area (Å²) in [6.45, 7) is 0.445. The fourth-order valence-electron chi connectivity index (χ4n) is 3.86. The summed E-state index contributed by atoms with van der Waals surface area (Å²) < 4.78 is 6.50. The molecule has 0 spiro atoms. The van der Waals surface area contributed by atoms with E-state index in [1.54, 1.807) is 0 Å². The number of carbonyl (C=O) groups is 1. The number of carboxylic acid groups (broad SMARTS) is 1. The van der Waals surface area contributed by atoms with E-state index in [1.807, 2.05) is 59.2 Å². The summed E-state index contributed by atoms with van der Waals surface area (Å²) >= 11 is 0. The molecular weight excluding hydrogens is 370 g/mol. The normalized spacial score (nSPS) is 15.6. The first kappa shape index (κ1) is 19.0. The smallest absolute Gasteiger partial charge is 0.449 e. The van der Waals surface area contributed by atoms with Crippen molar-refractivity contribution < 1.29 is 19.7 Å². The molecule has 29 heavy (non-hydrogen) atoms. The summed E-state index contributed by atoms with van der Waals surface area (Å²) in [5, 5.41) is 19.3. The predicted molar refractivity (Wildman–Crippen MR) is 108 cm³/mol. The van der Waals surface area contributed by atoms with Crippen LogP contribution >= 0.6 is 0 Å². The molecule has 6 nitrogen and oxygen atoms in total. The first-order chi connectivity index (χ1) is 14.0. The number of hydrogen-bond acceptors (Lipinski definition) is 4. The SMILES string of the molecule is O=C(O)Oc1cn(Cc2ccc(-c3ccccc3)cc2)c2c(c1=O)C(O)CCC2. The summed E-state index contributed by atoms with van der Waals surface area (Å²) in [5.74, 6) is -0.280. The quantitative estimate of drug-likeness (QED) is 0.657. The zero-order valence-electron chi connectivity index (χ0n) is 15.7. The Morgan fingerprint density at radius 3 is 2.45 bits per heavy atom. The maximum Gasteiger partial charge on any atom is 0.511 e. The van der Waals surface area contributed by atoms with Crippen LogP contribution in [-0.2, 0) is 13.0 Å². The number of nitrogens with zero attached hydrogens (tertiary/aromatic N) is 1. The second-order valence-corrected chi connectivity index (χ2v) is 7.15. The van der Waals surface area contributed by atoms with Crippen molar-refractivity contribution in [3.8, 4) is 16.9 Å². The number of pyridine rings is 1. The molecule has 2 aromatic carbocycles. The molecule has 4 rings (SSSR count). The lowest BCUT2D eigenvalue weighted by atomic mass is 9.92. The number of fused-ring (bicyclic) bond motifs is 1. The van der Waals surface area contributed by atoms with Crippen molar-refractivity contribution in [2.75, 3.05) is 0 Å². The number of rotatable bonds is 4. The van der Waals surface area contributed by atoms with Crippen molar-refractivity contribution in [2.24, 2.45) is 0 Å². The molecule has 0 fully saturated rings. The van der Waals surface area contributed by atoms with E-state index < -0.39 is 17.7 Å². The van der Waals surface area contributed by atoms with E-state index in [1.165, 1.54) is 6.20 Å². The third-order valence-corrected chi connectivity index (χ3v) is 5.23. The van der Waals surface area contributed by atoms with Crippen LogP contribution in [0, 0.1) is 0 Å². The minimum absolute atomic E-state index is 0.246. The fraction of sp³-hybridized carbons (Fsp3) is 0.217. The molecular formula is C23H21NO5. The Balaban J connectivity index is 1.70. The van der Waals surface area contributed by atoms with Gasteiger partial charge in [0.2, 0.25) is 5.43 Å². The van der Waals surface area contributed by atoms with Crippen LogP contribution < -0.4 is 10.2 Å². The molecule has 2 N–H and O–H groups in total. The molecule has 0 saturated heterocycles. The average molecular weight is 391 g/mol. The Bertz CT molecular complexity index is 1090. The second-order valence-electron chi connectivity index (χ2n) is 7.15. The highest BCUT2D eigenvalue weighted by Crippen LogP contribution is 2.29. The van der Waals surface area contributed by atoms with Crippen molar-refractivity contribution >= 4 is 6.16 Å². The first-order valence-corrected chi connectivity index (χ1v) is 9.52. The maximum absolute atomic E-state index is 12.6. The minimum atomic E-state index is -1.55. The zero-order chi connectivity index (χ0) is 20.4. The van der Waals surface area contributed by atoms with Gasteiger partial charge < -0.3 is 19.5 Å². The van der Waals surface area contributed by atoms with Gasteiger partial charge in [0, 0.05) is 12.2 Å². The highest BCUT2D eigenvalue weighted by Gasteiger charge is 2.26. The lowest BCUT2D eigenvalue weighted by molar-refractivity contribution is 0.140. The van der Waals surface area contributed by atoms with E-state index in [0.717, 1.165) is 28.8 Å². The van der Waals surface area contributed by atoms with Crippen LogP contribution in [0.25, 0.3) is 11.1 Å². The van der Waals surface area contributed by atoms with Gasteiger partial charge in [0.1, 0.15) is 0 Å². The summed E-state index contributed by atoms with van der Waals surface area (Å²) in [7, 11) is 0. The molecule has 0 saturated carbocycles. The largest absolute Gasteiger partial charge is 0.511 e. The molecule has 0 bridgehead atoms. The molecule has 1 aliphatic rings. The number of aliphatic hydroxyl groups is 1. The van der Waals surface area contributed by atoms with Gasteiger partial charge in [-0.05, 0) is 36.0 Å². The topological polar surface area (TPSA) is 88.8 Å². The van der Waals surface area contributed by atoms with Gasteiger partial charge >= 0.3 is 6.16 Å². The van der Waals surface area contributed by atoms with Crippen LogP contribution in [0.15, 0.2) is 65.6 Å². The minimum Gasteiger partial charge on any atom is -0.449 e. The molecule has 6 heteroatoms. The Kier molecular flexibility index (Phi) is 5.18. The van der Waals surface area contributed by atoms with Crippen molar-refractivity contribution in [1.82, 2.24) is 4.57 Å². The van der Waals surface area contributed by atoms with Gasteiger partial charge in [0.15, 0.2) is 5.75 Å². The van der Waals surface area contributed by atoms with Crippen LogP contribution in [0.4, 0.5) is 4.79 Å².